The molecule has 1 saturated heterocycles. The maximum Gasteiger partial charge on any atom is 0.306 e. The summed E-state index contributed by atoms with van der Waals surface area (Å²) in [4.78, 5) is 21.3. The van der Waals surface area contributed by atoms with E-state index in [2.05, 4.69) is 23.6 Å². The smallest absolute Gasteiger partial charge is 0.306 e. The lowest BCUT2D eigenvalue weighted by molar-refractivity contribution is -0.142. The van der Waals surface area contributed by atoms with Crippen molar-refractivity contribution in [1.29, 1.82) is 0 Å². The highest BCUT2D eigenvalue weighted by Crippen LogP contribution is 2.26. The number of rotatable bonds is 2. The Bertz CT molecular complexity index is 578. The van der Waals surface area contributed by atoms with Gasteiger partial charge in [0.05, 0.1) is 17.6 Å². The molecule has 0 radical (unpaired) electrons. The van der Waals surface area contributed by atoms with Gasteiger partial charge in [-0.25, -0.2) is 9.97 Å². The quantitative estimate of drug-likeness (QED) is 0.857. The van der Waals surface area contributed by atoms with E-state index in [1.54, 1.807) is 0 Å². The van der Waals surface area contributed by atoms with Gasteiger partial charge in [-0.2, -0.15) is 8.75 Å². The van der Waals surface area contributed by atoms with Crippen molar-refractivity contribution in [2.24, 2.45) is 5.92 Å². The van der Waals surface area contributed by atoms with Gasteiger partial charge in [-0.3, -0.25) is 4.79 Å². The van der Waals surface area contributed by atoms with Crippen LogP contribution < -0.4 is 4.90 Å². The molecule has 1 fully saturated rings. The molecule has 0 aliphatic carbocycles. The Hall–Kier alpha value is -1.83. The van der Waals surface area contributed by atoms with Crippen molar-refractivity contribution in [3.63, 3.8) is 0 Å². The Balaban J connectivity index is 1.84. The first-order valence-corrected chi connectivity index (χ1v) is 6.40. The molecule has 18 heavy (non-hydrogen) atoms. The first kappa shape index (κ1) is 11.3. The molecular weight excluding hydrogens is 254 g/mol. The Labute approximate surface area is 107 Å². The summed E-state index contributed by atoms with van der Waals surface area (Å²) in [5.41, 5.74) is 1.31. The van der Waals surface area contributed by atoms with Crippen LogP contribution in [0.3, 0.4) is 0 Å². The van der Waals surface area contributed by atoms with Gasteiger partial charge in [0.25, 0.3) is 0 Å². The summed E-state index contributed by atoms with van der Waals surface area (Å²) in [5.74, 6) is -0.192. The SMILES string of the molecule is O=C(O)C1CCN(c2ncnc3nsnc23)CC1. The normalized spacial score (nSPS) is 17.2. The van der Waals surface area contributed by atoms with Gasteiger partial charge in [-0.05, 0) is 12.8 Å². The van der Waals surface area contributed by atoms with Crippen LogP contribution in [0.2, 0.25) is 0 Å². The van der Waals surface area contributed by atoms with Crippen LogP contribution in [0, 0.1) is 5.92 Å². The molecule has 2 aromatic rings. The summed E-state index contributed by atoms with van der Waals surface area (Å²) in [6.45, 7) is 1.36. The minimum Gasteiger partial charge on any atom is -0.481 e. The zero-order valence-electron chi connectivity index (χ0n) is 9.48. The van der Waals surface area contributed by atoms with Crippen LogP contribution in [0.4, 0.5) is 5.82 Å². The second-order valence-electron chi connectivity index (χ2n) is 4.23. The van der Waals surface area contributed by atoms with Gasteiger partial charge in [0.1, 0.15) is 6.33 Å². The van der Waals surface area contributed by atoms with E-state index in [0.29, 0.717) is 37.1 Å². The molecule has 3 rings (SSSR count). The fourth-order valence-electron chi connectivity index (χ4n) is 2.18. The van der Waals surface area contributed by atoms with Gasteiger partial charge in [0.15, 0.2) is 17.0 Å². The van der Waals surface area contributed by atoms with Crippen molar-refractivity contribution in [1.82, 2.24) is 18.7 Å². The molecule has 7 nitrogen and oxygen atoms in total. The predicted molar refractivity (Wildman–Crippen MR) is 65.6 cm³/mol. The number of anilines is 1. The number of aromatic nitrogens is 4. The first-order chi connectivity index (χ1) is 8.75. The number of aliphatic carboxylic acids is 1. The number of piperidine rings is 1. The third kappa shape index (κ3) is 1.88. The lowest BCUT2D eigenvalue weighted by Crippen LogP contribution is -2.36. The number of hydrogen-bond acceptors (Lipinski definition) is 7. The van der Waals surface area contributed by atoms with Crippen molar-refractivity contribution >= 4 is 34.7 Å². The number of nitrogens with zero attached hydrogens (tertiary/aromatic N) is 5. The largest absolute Gasteiger partial charge is 0.481 e. The molecule has 0 spiro atoms. The number of fused-ring (bicyclic) bond motifs is 1. The average Bonchev–Trinajstić information content (AvgIpc) is 2.87. The van der Waals surface area contributed by atoms with E-state index in [9.17, 15) is 4.79 Å². The van der Waals surface area contributed by atoms with Crippen molar-refractivity contribution in [3.8, 4) is 0 Å². The molecule has 0 bridgehead atoms. The second-order valence-corrected chi connectivity index (χ2v) is 4.76. The molecule has 0 atom stereocenters. The Morgan fingerprint density at radius 2 is 2.11 bits per heavy atom. The Kier molecular flexibility index (Phi) is 2.78. The third-order valence-corrected chi connectivity index (χ3v) is 3.71. The summed E-state index contributed by atoms with van der Waals surface area (Å²) < 4.78 is 8.27. The van der Waals surface area contributed by atoms with E-state index in [-0.39, 0.29) is 5.92 Å². The number of hydrogen-bond donors (Lipinski definition) is 1. The topological polar surface area (TPSA) is 92.1 Å². The number of carboxylic acids is 1. The van der Waals surface area contributed by atoms with E-state index < -0.39 is 5.97 Å². The van der Waals surface area contributed by atoms with Crippen molar-refractivity contribution in [2.75, 3.05) is 18.0 Å². The summed E-state index contributed by atoms with van der Waals surface area (Å²) >= 11 is 1.11. The van der Waals surface area contributed by atoms with E-state index in [4.69, 9.17) is 5.11 Å². The van der Waals surface area contributed by atoms with Gasteiger partial charge >= 0.3 is 5.97 Å². The fourth-order valence-corrected chi connectivity index (χ4v) is 2.68. The molecule has 94 valence electrons. The number of carboxylic acid groups (broad SMARTS) is 1. The zero-order valence-corrected chi connectivity index (χ0v) is 10.3. The van der Waals surface area contributed by atoms with Crippen LogP contribution >= 0.6 is 11.7 Å². The van der Waals surface area contributed by atoms with Crippen molar-refractivity contribution < 1.29 is 9.90 Å². The lowest BCUT2D eigenvalue weighted by atomic mass is 9.97. The van der Waals surface area contributed by atoms with Gasteiger partial charge in [-0.1, -0.05) is 0 Å². The Morgan fingerprint density at radius 1 is 1.33 bits per heavy atom. The summed E-state index contributed by atoms with van der Waals surface area (Å²) in [7, 11) is 0. The molecule has 0 unspecified atom stereocenters. The van der Waals surface area contributed by atoms with Crippen LogP contribution in [0.1, 0.15) is 12.8 Å². The average molecular weight is 265 g/mol. The van der Waals surface area contributed by atoms with Crippen LogP contribution in [-0.4, -0.2) is 42.9 Å². The van der Waals surface area contributed by atoms with Crippen LogP contribution in [0.5, 0.6) is 0 Å². The van der Waals surface area contributed by atoms with Gasteiger partial charge in [-0.15, -0.1) is 0 Å². The number of carbonyl (C=O) groups is 1. The van der Waals surface area contributed by atoms with Crippen LogP contribution in [0.25, 0.3) is 11.2 Å². The first-order valence-electron chi connectivity index (χ1n) is 5.66. The standard InChI is InChI=1S/C10H11N5O2S/c16-10(17)6-1-3-15(4-2-6)9-7-8(11-5-12-9)14-18-13-7/h5-6H,1-4H2,(H,16,17). The molecular formula is C10H11N5O2S. The van der Waals surface area contributed by atoms with E-state index >= 15 is 0 Å². The van der Waals surface area contributed by atoms with Crippen LogP contribution in [0.15, 0.2) is 6.33 Å². The monoisotopic (exact) mass is 265 g/mol. The van der Waals surface area contributed by atoms with E-state index in [1.165, 1.54) is 6.33 Å². The van der Waals surface area contributed by atoms with Crippen molar-refractivity contribution in [2.45, 2.75) is 12.8 Å². The molecule has 1 aliphatic heterocycles. The van der Waals surface area contributed by atoms with E-state index in [1.807, 2.05) is 0 Å². The molecule has 2 aromatic heterocycles. The summed E-state index contributed by atoms with van der Waals surface area (Å²) in [5, 5.41) is 8.97. The minimum absolute atomic E-state index is 0.243. The molecule has 0 amide bonds. The predicted octanol–water partition coefficient (Wildman–Crippen LogP) is 0.782. The lowest BCUT2D eigenvalue weighted by Gasteiger charge is -2.30. The summed E-state index contributed by atoms with van der Waals surface area (Å²) in [6, 6.07) is 0. The highest BCUT2D eigenvalue weighted by atomic mass is 32.1. The molecule has 3 heterocycles. The molecule has 0 saturated carbocycles. The Morgan fingerprint density at radius 3 is 2.83 bits per heavy atom. The summed E-state index contributed by atoms with van der Waals surface area (Å²) in [6.07, 6.45) is 2.75. The zero-order chi connectivity index (χ0) is 12.5. The van der Waals surface area contributed by atoms with Gasteiger partial charge in [0, 0.05) is 13.1 Å². The minimum atomic E-state index is -0.710. The van der Waals surface area contributed by atoms with Crippen molar-refractivity contribution in [3.05, 3.63) is 6.33 Å². The molecule has 0 aromatic carbocycles. The maximum absolute atomic E-state index is 10.9. The highest BCUT2D eigenvalue weighted by molar-refractivity contribution is 7.00. The second kappa shape index (κ2) is 4.45. The fraction of sp³-hybridized carbons (Fsp3) is 0.500. The maximum atomic E-state index is 10.9. The highest BCUT2D eigenvalue weighted by Gasteiger charge is 2.26. The van der Waals surface area contributed by atoms with Crippen LogP contribution in [-0.2, 0) is 4.79 Å². The third-order valence-electron chi connectivity index (χ3n) is 3.19. The molecule has 1 aliphatic rings. The van der Waals surface area contributed by atoms with E-state index in [0.717, 1.165) is 17.5 Å². The van der Waals surface area contributed by atoms with Gasteiger partial charge in [0.2, 0.25) is 0 Å². The van der Waals surface area contributed by atoms with Gasteiger partial charge < -0.3 is 10.0 Å². The molecule has 1 N–H and O–H groups in total. The molecule has 8 heteroatoms.